The van der Waals surface area contributed by atoms with E-state index < -0.39 is 0 Å². The number of benzene rings is 1. The third-order valence-corrected chi connectivity index (χ3v) is 5.69. The number of carbonyl (C=O) groups is 1. The first-order valence-electron chi connectivity index (χ1n) is 9.52. The molecule has 0 radical (unpaired) electrons. The minimum atomic E-state index is -0.144. The minimum Gasteiger partial charge on any atom is -0.368 e. The number of nitrogens with two attached hydrogens (primary N) is 1. The highest BCUT2D eigenvalue weighted by Gasteiger charge is 2.28. The van der Waals surface area contributed by atoms with E-state index in [1.54, 1.807) is 0 Å². The van der Waals surface area contributed by atoms with Crippen molar-refractivity contribution in [3.63, 3.8) is 0 Å². The highest BCUT2D eigenvalue weighted by Crippen LogP contribution is 2.22. The van der Waals surface area contributed by atoms with Crippen molar-refractivity contribution < 1.29 is 4.79 Å². The number of piperidine rings is 1. The van der Waals surface area contributed by atoms with Crippen LogP contribution in [0.2, 0.25) is 0 Å². The first kappa shape index (κ1) is 17.4. The zero-order chi connectivity index (χ0) is 16.8. The molecule has 3 rings (SSSR count). The quantitative estimate of drug-likeness (QED) is 0.835. The van der Waals surface area contributed by atoms with E-state index in [1.807, 2.05) is 0 Å². The Morgan fingerprint density at radius 2 is 1.79 bits per heavy atom. The maximum Gasteiger partial charge on any atom is 0.234 e. The van der Waals surface area contributed by atoms with Crippen molar-refractivity contribution in [2.24, 2.45) is 11.7 Å². The Labute approximate surface area is 146 Å². The maximum absolute atomic E-state index is 11.4. The van der Waals surface area contributed by atoms with Crippen LogP contribution in [0, 0.1) is 5.92 Å². The average Bonchev–Trinajstić information content (AvgIpc) is 3.06. The summed E-state index contributed by atoms with van der Waals surface area (Å²) in [4.78, 5) is 16.3. The fraction of sp³-hybridized carbons (Fsp3) is 0.650. The van der Waals surface area contributed by atoms with Gasteiger partial charge >= 0.3 is 0 Å². The standard InChI is InChI=1S/C20H31N3O/c21-20(24)19-8-4-12-23(19)13-5-11-22-14-9-18(10-15-22)16-17-6-2-1-3-7-17/h1-3,6-7,18-19H,4-5,8-16H2,(H2,21,24)/t19-/m1/s1. The van der Waals surface area contributed by atoms with Crippen LogP contribution in [0.15, 0.2) is 30.3 Å². The second kappa shape index (κ2) is 8.63. The van der Waals surface area contributed by atoms with Gasteiger partial charge in [0, 0.05) is 6.54 Å². The lowest BCUT2D eigenvalue weighted by molar-refractivity contribution is -0.122. The number of nitrogens with zero attached hydrogens (tertiary/aromatic N) is 2. The highest BCUT2D eigenvalue weighted by molar-refractivity contribution is 5.80. The molecule has 1 aromatic carbocycles. The van der Waals surface area contributed by atoms with Gasteiger partial charge in [0.2, 0.25) is 5.91 Å². The molecular weight excluding hydrogens is 298 g/mol. The van der Waals surface area contributed by atoms with Crippen LogP contribution >= 0.6 is 0 Å². The summed E-state index contributed by atoms with van der Waals surface area (Å²) in [6, 6.07) is 10.9. The van der Waals surface area contributed by atoms with Gasteiger partial charge in [-0.05, 0) is 76.2 Å². The van der Waals surface area contributed by atoms with Crippen LogP contribution < -0.4 is 5.73 Å². The molecule has 2 saturated heterocycles. The molecule has 0 unspecified atom stereocenters. The Balaban J connectivity index is 1.33. The molecule has 132 valence electrons. The van der Waals surface area contributed by atoms with Crippen molar-refractivity contribution >= 4 is 5.91 Å². The van der Waals surface area contributed by atoms with Crippen molar-refractivity contribution in [2.45, 2.75) is 44.6 Å². The Morgan fingerprint density at radius 3 is 2.50 bits per heavy atom. The van der Waals surface area contributed by atoms with Crippen molar-refractivity contribution in [1.82, 2.24) is 9.80 Å². The predicted octanol–water partition coefficient (Wildman–Crippen LogP) is 2.28. The molecule has 2 heterocycles. The fourth-order valence-corrected chi connectivity index (χ4v) is 4.27. The lowest BCUT2D eigenvalue weighted by atomic mass is 9.90. The van der Waals surface area contributed by atoms with E-state index in [4.69, 9.17) is 5.73 Å². The first-order chi connectivity index (χ1) is 11.7. The summed E-state index contributed by atoms with van der Waals surface area (Å²) < 4.78 is 0. The molecule has 0 spiro atoms. The summed E-state index contributed by atoms with van der Waals surface area (Å²) in [7, 11) is 0. The molecule has 4 heteroatoms. The molecule has 1 amide bonds. The van der Waals surface area contributed by atoms with E-state index >= 15 is 0 Å². The van der Waals surface area contributed by atoms with E-state index in [9.17, 15) is 4.79 Å². The number of amides is 1. The van der Waals surface area contributed by atoms with Crippen LogP contribution in [0.3, 0.4) is 0 Å². The largest absolute Gasteiger partial charge is 0.368 e. The summed E-state index contributed by atoms with van der Waals surface area (Å²) in [5, 5.41) is 0. The summed E-state index contributed by atoms with van der Waals surface area (Å²) >= 11 is 0. The number of rotatable bonds is 7. The zero-order valence-electron chi connectivity index (χ0n) is 14.7. The summed E-state index contributed by atoms with van der Waals surface area (Å²) in [5.41, 5.74) is 6.96. The Kier molecular flexibility index (Phi) is 6.27. The van der Waals surface area contributed by atoms with Gasteiger partial charge in [0.15, 0.2) is 0 Å². The van der Waals surface area contributed by atoms with Crippen molar-refractivity contribution in [3.05, 3.63) is 35.9 Å². The second-order valence-corrected chi connectivity index (χ2v) is 7.42. The van der Waals surface area contributed by atoms with Gasteiger partial charge in [-0.1, -0.05) is 30.3 Å². The number of carbonyl (C=O) groups excluding carboxylic acids is 1. The second-order valence-electron chi connectivity index (χ2n) is 7.42. The molecule has 24 heavy (non-hydrogen) atoms. The monoisotopic (exact) mass is 329 g/mol. The number of hydrogen-bond donors (Lipinski definition) is 1. The molecule has 1 aromatic rings. The summed E-state index contributed by atoms with van der Waals surface area (Å²) in [5.74, 6) is 0.690. The van der Waals surface area contributed by atoms with Crippen LogP contribution in [0.4, 0.5) is 0 Å². The maximum atomic E-state index is 11.4. The number of likely N-dealkylation sites (tertiary alicyclic amines) is 2. The molecule has 0 saturated carbocycles. The molecule has 2 aliphatic rings. The van der Waals surface area contributed by atoms with E-state index in [2.05, 4.69) is 40.1 Å². The van der Waals surface area contributed by atoms with Crippen LogP contribution in [-0.2, 0) is 11.2 Å². The van der Waals surface area contributed by atoms with Gasteiger partial charge in [0.05, 0.1) is 6.04 Å². The summed E-state index contributed by atoms with van der Waals surface area (Å²) in [6.45, 7) is 5.64. The van der Waals surface area contributed by atoms with Gasteiger partial charge in [-0.15, -0.1) is 0 Å². The minimum absolute atomic E-state index is 0.0124. The smallest absolute Gasteiger partial charge is 0.234 e. The van der Waals surface area contributed by atoms with Crippen molar-refractivity contribution in [1.29, 1.82) is 0 Å². The van der Waals surface area contributed by atoms with Crippen molar-refractivity contribution in [3.8, 4) is 0 Å². The number of primary amides is 1. The van der Waals surface area contributed by atoms with E-state index in [-0.39, 0.29) is 11.9 Å². The van der Waals surface area contributed by atoms with Crippen molar-refractivity contribution in [2.75, 3.05) is 32.7 Å². The number of hydrogen-bond acceptors (Lipinski definition) is 3. The summed E-state index contributed by atoms with van der Waals surface area (Å²) in [6.07, 6.45) is 7.04. The molecule has 0 bridgehead atoms. The molecule has 0 aliphatic carbocycles. The molecule has 0 aromatic heterocycles. The predicted molar refractivity (Wildman–Crippen MR) is 97.7 cm³/mol. The van der Waals surface area contributed by atoms with Gasteiger partial charge in [0.1, 0.15) is 0 Å². The van der Waals surface area contributed by atoms with Crippen LogP contribution in [0.5, 0.6) is 0 Å². The van der Waals surface area contributed by atoms with Gasteiger partial charge < -0.3 is 10.6 Å². The molecular formula is C20H31N3O. The third-order valence-electron chi connectivity index (χ3n) is 5.69. The lowest BCUT2D eigenvalue weighted by Crippen LogP contribution is -2.42. The molecule has 2 fully saturated rings. The Bertz CT molecular complexity index is 511. The topological polar surface area (TPSA) is 49.6 Å². The van der Waals surface area contributed by atoms with E-state index in [1.165, 1.54) is 37.9 Å². The average molecular weight is 329 g/mol. The lowest BCUT2D eigenvalue weighted by Gasteiger charge is -2.32. The molecule has 4 nitrogen and oxygen atoms in total. The Hall–Kier alpha value is -1.39. The van der Waals surface area contributed by atoms with Crippen LogP contribution in [-0.4, -0.2) is 54.5 Å². The first-order valence-corrected chi connectivity index (χ1v) is 9.52. The normalized spacial score (nSPS) is 23.6. The van der Waals surface area contributed by atoms with E-state index in [0.29, 0.717) is 0 Å². The molecule has 1 atom stereocenters. The fourth-order valence-electron chi connectivity index (χ4n) is 4.27. The van der Waals surface area contributed by atoms with Gasteiger partial charge in [0.25, 0.3) is 0 Å². The Morgan fingerprint density at radius 1 is 1.04 bits per heavy atom. The van der Waals surface area contributed by atoms with E-state index in [0.717, 1.165) is 44.8 Å². The van der Waals surface area contributed by atoms with Gasteiger partial charge in [-0.3, -0.25) is 9.69 Å². The zero-order valence-corrected chi connectivity index (χ0v) is 14.7. The van der Waals surface area contributed by atoms with Crippen LogP contribution in [0.25, 0.3) is 0 Å². The van der Waals surface area contributed by atoms with Gasteiger partial charge in [-0.2, -0.15) is 0 Å². The highest BCUT2D eigenvalue weighted by atomic mass is 16.1. The van der Waals surface area contributed by atoms with Crippen LogP contribution in [0.1, 0.15) is 37.7 Å². The third kappa shape index (κ3) is 4.81. The van der Waals surface area contributed by atoms with Gasteiger partial charge in [-0.25, -0.2) is 0 Å². The molecule has 2 aliphatic heterocycles. The SMILES string of the molecule is NC(=O)[C@H]1CCCN1CCCN1CCC(Cc2ccccc2)CC1. The molecule has 2 N–H and O–H groups in total.